The number of nitrogens with zero attached hydrogens (tertiary/aromatic N) is 2. The van der Waals surface area contributed by atoms with Crippen molar-refractivity contribution in [3.63, 3.8) is 0 Å². The number of benzene rings is 1. The fraction of sp³-hybridized carbons (Fsp3) is 0.438. The summed E-state index contributed by atoms with van der Waals surface area (Å²) in [5, 5.41) is 4.76. The van der Waals surface area contributed by atoms with Gasteiger partial charge in [0.25, 0.3) is 0 Å². The van der Waals surface area contributed by atoms with Gasteiger partial charge in [0.05, 0.1) is 5.69 Å². The first-order chi connectivity index (χ1) is 8.49. The molecule has 2 nitrogen and oxygen atoms in total. The van der Waals surface area contributed by atoms with Crippen LogP contribution in [0.4, 0.5) is 0 Å². The third-order valence-corrected chi connectivity index (χ3v) is 3.16. The average molecular weight is 242 g/mol. The van der Waals surface area contributed by atoms with E-state index in [9.17, 15) is 0 Å². The molecule has 0 saturated heterocycles. The molecular formula is C16H22N2. The summed E-state index contributed by atoms with van der Waals surface area (Å²) < 4.78 is 2.14. The maximum atomic E-state index is 4.76. The van der Waals surface area contributed by atoms with Crippen LogP contribution >= 0.6 is 0 Å². The standard InChI is InChI=1S/C16H22N2/c1-11(2)16-10-15(17-18(16)12(3)4)14-8-6-7-13(5)9-14/h6-12H,1-5H3. The van der Waals surface area contributed by atoms with Crippen LogP contribution in [-0.2, 0) is 0 Å². The first-order valence-electron chi connectivity index (χ1n) is 6.65. The molecule has 1 heterocycles. The lowest BCUT2D eigenvalue weighted by Crippen LogP contribution is -2.08. The SMILES string of the molecule is Cc1cccc(-c2cc(C(C)C)n(C(C)C)n2)c1. The Morgan fingerprint density at radius 2 is 1.78 bits per heavy atom. The van der Waals surface area contributed by atoms with Crippen molar-refractivity contribution >= 4 is 0 Å². The zero-order valence-corrected chi connectivity index (χ0v) is 11.9. The van der Waals surface area contributed by atoms with Gasteiger partial charge in [0.2, 0.25) is 0 Å². The van der Waals surface area contributed by atoms with Crippen molar-refractivity contribution in [2.75, 3.05) is 0 Å². The van der Waals surface area contributed by atoms with Gasteiger partial charge in [-0.3, -0.25) is 4.68 Å². The first-order valence-corrected chi connectivity index (χ1v) is 6.65. The van der Waals surface area contributed by atoms with Gasteiger partial charge < -0.3 is 0 Å². The topological polar surface area (TPSA) is 17.8 Å². The molecule has 1 aromatic heterocycles. The van der Waals surface area contributed by atoms with Crippen LogP contribution in [0, 0.1) is 6.92 Å². The van der Waals surface area contributed by atoms with Crippen LogP contribution in [0.5, 0.6) is 0 Å². The van der Waals surface area contributed by atoms with E-state index in [0.717, 1.165) is 5.69 Å². The highest BCUT2D eigenvalue weighted by atomic mass is 15.3. The molecule has 0 spiro atoms. The summed E-state index contributed by atoms with van der Waals surface area (Å²) in [6.45, 7) is 10.9. The summed E-state index contributed by atoms with van der Waals surface area (Å²) in [6, 6.07) is 11.2. The minimum Gasteiger partial charge on any atom is -0.266 e. The lowest BCUT2D eigenvalue weighted by atomic mass is 10.1. The van der Waals surface area contributed by atoms with E-state index in [-0.39, 0.29) is 0 Å². The molecule has 0 atom stereocenters. The molecule has 1 aromatic carbocycles. The number of rotatable bonds is 3. The van der Waals surface area contributed by atoms with Crippen molar-refractivity contribution in [1.82, 2.24) is 9.78 Å². The van der Waals surface area contributed by atoms with Crippen molar-refractivity contribution in [2.45, 2.75) is 46.6 Å². The van der Waals surface area contributed by atoms with Gasteiger partial charge in [0, 0.05) is 17.3 Å². The highest BCUT2D eigenvalue weighted by Gasteiger charge is 2.14. The second-order valence-electron chi connectivity index (χ2n) is 5.52. The second kappa shape index (κ2) is 4.97. The van der Waals surface area contributed by atoms with Crippen LogP contribution in [0.15, 0.2) is 30.3 Å². The fourth-order valence-electron chi connectivity index (χ4n) is 2.20. The summed E-state index contributed by atoms with van der Waals surface area (Å²) in [6.07, 6.45) is 0. The lowest BCUT2D eigenvalue weighted by molar-refractivity contribution is 0.499. The average Bonchev–Trinajstić information content (AvgIpc) is 2.73. The molecule has 96 valence electrons. The third-order valence-electron chi connectivity index (χ3n) is 3.16. The second-order valence-corrected chi connectivity index (χ2v) is 5.52. The van der Waals surface area contributed by atoms with Gasteiger partial charge in [-0.1, -0.05) is 37.6 Å². The van der Waals surface area contributed by atoms with Gasteiger partial charge in [-0.15, -0.1) is 0 Å². The first kappa shape index (κ1) is 12.9. The minimum absolute atomic E-state index is 0.404. The van der Waals surface area contributed by atoms with Crippen LogP contribution in [0.25, 0.3) is 11.3 Å². The smallest absolute Gasteiger partial charge is 0.0926 e. The van der Waals surface area contributed by atoms with Crippen molar-refractivity contribution in [1.29, 1.82) is 0 Å². The Morgan fingerprint density at radius 1 is 1.06 bits per heavy atom. The molecule has 0 aliphatic rings. The van der Waals surface area contributed by atoms with Crippen LogP contribution < -0.4 is 0 Å². The summed E-state index contributed by atoms with van der Waals surface area (Å²) >= 11 is 0. The van der Waals surface area contributed by atoms with E-state index >= 15 is 0 Å². The Balaban J connectivity index is 2.50. The Kier molecular flexibility index (Phi) is 3.55. The maximum absolute atomic E-state index is 4.76. The van der Waals surface area contributed by atoms with Crippen molar-refractivity contribution in [3.05, 3.63) is 41.6 Å². The zero-order chi connectivity index (χ0) is 13.3. The van der Waals surface area contributed by atoms with Gasteiger partial charge in [0.15, 0.2) is 0 Å². The summed E-state index contributed by atoms with van der Waals surface area (Å²) in [4.78, 5) is 0. The Morgan fingerprint density at radius 3 is 2.28 bits per heavy atom. The van der Waals surface area contributed by atoms with Gasteiger partial charge in [-0.25, -0.2) is 0 Å². The number of aromatic nitrogens is 2. The molecule has 0 aliphatic heterocycles. The summed E-state index contributed by atoms with van der Waals surface area (Å²) in [5.41, 5.74) is 4.87. The minimum atomic E-state index is 0.404. The van der Waals surface area contributed by atoms with E-state index in [0.29, 0.717) is 12.0 Å². The Hall–Kier alpha value is -1.57. The van der Waals surface area contributed by atoms with Gasteiger partial charge in [-0.05, 0) is 38.8 Å². The monoisotopic (exact) mass is 242 g/mol. The molecule has 0 N–H and O–H groups in total. The molecule has 2 heteroatoms. The van der Waals surface area contributed by atoms with Crippen LogP contribution in [0.1, 0.15) is 50.9 Å². The van der Waals surface area contributed by atoms with Crippen molar-refractivity contribution in [2.24, 2.45) is 0 Å². The molecule has 0 saturated carbocycles. The van der Waals surface area contributed by atoms with Gasteiger partial charge in [-0.2, -0.15) is 5.10 Å². The molecule has 18 heavy (non-hydrogen) atoms. The van der Waals surface area contributed by atoms with E-state index in [1.807, 2.05) is 0 Å². The van der Waals surface area contributed by atoms with Crippen molar-refractivity contribution < 1.29 is 0 Å². The third kappa shape index (κ3) is 2.47. The Labute approximate surface area is 110 Å². The van der Waals surface area contributed by atoms with Crippen LogP contribution in [-0.4, -0.2) is 9.78 Å². The van der Waals surface area contributed by atoms with Crippen LogP contribution in [0.2, 0.25) is 0 Å². The molecule has 0 amide bonds. The lowest BCUT2D eigenvalue weighted by Gasteiger charge is -2.12. The number of aryl methyl sites for hydroxylation is 1. The molecular weight excluding hydrogens is 220 g/mol. The molecule has 0 aliphatic carbocycles. The van der Waals surface area contributed by atoms with E-state index in [2.05, 4.69) is 69.6 Å². The molecule has 2 rings (SSSR count). The maximum Gasteiger partial charge on any atom is 0.0926 e. The largest absolute Gasteiger partial charge is 0.266 e. The van der Waals surface area contributed by atoms with Crippen molar-refractivity contribution in [3.8, 4) is 11.3 Å². The van der Waals surface area contributed by atoms with E-state index in [1.165, 1.54) is 16.8 Å². The normalized spacial score (nSPS) is 11.5. The van der Waals surface area contributed by atoms with Crippen LogP contribution in [0.3, 0.4) is 0 Å². The highest BCUT2D eigenvalue weighted by molar-refractivity contribution is 5.60. The number of hydrogen-bond acceptors (Lipinski definition) is 1. The quantitative estimate of drug-likeness (QED) is 0.771. The van der Waals surface area contributed by atoms with E-state index < -0.39 is 0 Å². The van der Waals surface area contributed by atoms with Gasteiger partial charge >= 0.3 is 0 Å². The Bertz CT molecular complexity index is 510. The fourth-order valence-corrected chi connectivity index (χ4v) is 2.20. The molecule has 0 fully saturated rings. The van der Waals surface area contributed by atoms with E-state index in [1.54, 1.807) is 0 Å². The predicted octanol–water partition coefficient (Wildman–Crippen LogP) is 4.56. The predicted molar refractivity (Wildman–Crippen MR) is 76.9 cm³/mol. The highest BCUT2D eigenvalue weighted by Crippen LogP contribution is 2.26. The molecule has 2 aromatic rings. The summed E-state index contributed by atoms with van der Waals surface area (Å²) in [7, 11) is 0. The molecule has 0 radical (unpaired) electrons. The molecule has 0 unspecified atom stereocenters. The zero-order valence-electron chi connectivity index (χ0n) is 11.9. The van der Waals surface area contributed by atoms with E-state index in [4.69, 9.17) is 5.10 Å². The number of hydrogen-bond donors (Lipinski definition) is 0. The van der Waals surface area contributed by atoms with Gasteiger partial charge in [0.1, 0.15) is 0 Å². The summed E-state index contributed by atoms with van der Waals surface area (Å²) in [5.74, 6) is 0.499. The molecule has 0 bridgehead atoms.